The lowest BCUT2D eigenvalue weighted by molar-refractivity contribution is -0.122. The van der Waals surface area contributed by atoms with Crippen molar-refractivity contribution in [3.63, 3.8) is 0 Å². The first-order chi connectivity index (χ1) is 16.5. The van der Waals surface area contributed by atoms with Gasteiger partial charge in [-0.3, -0.25) is 14.0 Å². The number of ether oxygens (including phenoxy) is 3. The number of methoxy groups -OCH3 is 2. The minimum atomic E-state index is -0.340. The van der Waals surface area contributed by atoms with Gasteiger partial charge in [0.2, 0.25) is 5.91 Å². The van der Waals surface area contributed by atoms with Crippen molar-refractivity contribution < 1.29 is 19.0 Å². The molecule has 1 amide bonds. The Morgan fingerprint density at radius 1 is 1.00 bits per heavy atom. The molecule has 1 N–H and O–H groups in total. The number of nitrogens with one attached hydrogen (secondary N) is 1. The van der Waals surface area contributed by atoms with Crippen LogP contribution in [0.4, 0.5) is 0 Å². The van der Waals surface area contributed by atoms with Gasteiger partial charge in [0, 0.05) is 18.4 Å². The van der Waals surface area contributed by atoms with Gasteiger partial charge in [-0.25, -0.2) is 4.68 Å². The summed E-state index contributed by atoms with van der Waals surface area (Å²) in [5.74, 6) is 2.29. The average Bonchev–Trinajstić information content (AvgIpc) is 3.25. The fourth-order valence-electron chi connectivity index (χ4n) is 4.00. The number of hydrogen-bond acceptors (Lipinski definition) is 6. The molecule has 0 aliphatic rings. The van der Waals surface area contributed by atoms with E-state index in [1.807, 2.05) is 54.6 Å². The fourth-order valence-corrected chi connectivity index (χ4v) is 4.00. The number of aryl methyl sites for hydroxylation is 1. The monoisotopic (exact) mass is 464 g/mol. The molecule has 0 radical (unpaired) electrons. The SMILES string of the molecule is CCOc1ccc(CNC(=O)Cn2nc(CC)n3c(cc4c(OC)cccc43)c2=O)cc1OC. The maximum absolute atomic E-state index is 13.2. The van der Waals surface area contributed by atoms with Crippen LogP contribution in [0.2, 0.25) is 0 Å². The van der Waals surface area contributed by atoms with Crippen molar-refractivity contribution in [2.24, 2.45) is 0 Å². The zero-order chi connectivity index (χ0) is 24.2. The van der Waals surface area contributed by atoms with Gasteiger partial charge in [-0.2, -0.15) is 5.10 Å². The molecule has 0 atom stereocenters. The Kier molecular flexibility index (Phi) is 6.72. The molecule has 0 saturated carbocycles. The second-order valence-electron chi connectivity index (χ2n) is 7.69. The summed E-state index contributed by atoms with van der Waals surface area (Å²) < 4.78 is 19.4. The van der Waals surface area contributed by atoms with Crippen LogP contribution >= 0.6 is 0 Å². The van der Waals surface area contributed by atoms with Crippen molar-refractivity contribution in [3.8, 4) is 17.2 Å². The molecule has 178 valence electrons. The second-order valence-corrected chi connectivity index (χ2v) is 7.69. The highest BCUT2D eigenvalue weighted by molar-refractivity contribution is 5.92. The first kappa shape index (κ1) is 23.2. The van der Waals surface area contributed by atoms with Crippen LogP contribution in [-0.4, -0.2) is 40.9 Å². The van der Waals surface area contributed by atoms with E-state index in [-0.39, 0.29) is 24.6 Å². The second kappa shape index (κ2) is 9.86. The van der Waals surface area contributed by atoms with Crippen LogP contribution in [0.25, 0.3) is 16.4 Å². The van der Waals surface area contributed by atoms with Crippen LogP contribution in [0.15, 0.2) is 47.3 Å². The van der Waals surface area contributed by atoms with E-state index in [1.54, 1.807) is 20.3 Å². The molecule has 2 aromatic carbocycles. The number of aromatic nitrogens is 3. The standard InChI is InChI=1S/C25H28N4O5/c1-5-23-27-28(25(31)19-13-17-18(29(19)23)8-7-9-20(17)32-3)15-24(30)26-14-16-10-11-21(34-6-2)22(12-16)33-4/h7-13H,5-6,14-15H2,1-4H3,(H,26,30). The van der Waals surface area contributed by atoms with E-state index < -0.39 is 0 Å². The van der Waals surface area contributed by atoms with Crippen LogP contribution in [0.3, 0.4) is 0 Å². The molecule has 0 saturated heterocycles. The normalized spacial score (nSPS) is 11.1. The molecule has 0 aliphatic carbocycles. The van der Waals surface area contributed by atoms with Crippen molar-refractivity contribution in [1.29, 1.82) is 0 Å². The number of carbonyl (C=O) groups is 1. The summed E-state index contributed by atoms with van der Waals surface area (Å²) in [7, 11) is 3.17. The highest BCUT2D eigenvalue weighted by Gasteiger charge is 2.17. The molecule has 4 rings (SSSR count). The lowest BCUT2D eigenvalue weighted by Gasteiger charge is -2.12. The van der Waals surface area contributed by atoms with Crippen molar-refractivity contribution >= 4 is 22.3 Å². The minimum Gasteiger partial charge on any atom is -0.496 e. The molecule has 0 fully saturated rings. The Hall–Kier alpha value is -4.01. The van der Waals surface area contributed by atoms with E-state index in [1.165, 1.54) is 4.68 Å². The molecular weight excluding hydrogens is 436 g/mol. The number of fused-ring (bicyclic) bond motifs is 3. The van der Waals surface area contributed by atoms with Gasteiger partial charge in [0.15, 0.2) is 11.5 Å². The first-order valence-electron chi connectivity index (χ1n) is 11.1. The van der Waals surface area contributed by atoms with Crippen molar-refractivity contribution in [1.82, 2.24) is 19.5 Å². The lowest BCUT2D eigenvalue weighted by Crippen LogP contribution is -2.35. The van der Waals surface area contributed by atoms with Gasteiger partial charge in [0.25, 0.3) is 5.56 Å². The van der Waals surface area contributed by atoms with Gasteiger partial charge in [0.05, 0.1) is 26.3 Å². The van der Waals surface area contributed by atoms with Gasteiger partial charge in [0.1, 0.15) is 23.6 Å². The number of nitrogens with zero attached hydrogens (tertiary/aromatic N) is 3. The highest BCUT2D eigenvalue weighted by atomic mass is 16.5. The smallest absolute Gasteiger partial charge is 0.291 e. The van der Waals surface area contributed by atoms with E-state index in [9.17, 15) is 9.59 Å². The molecule has 2 heterocycles. The Morgan fingerprint density at radius 3 is 2.50 bits per heavy atom. The zero-order valence-electron chi connectivity index (χ0n) is 19.8. The summed E-state index contributed by atoms with van der Waals surface area (Å²) in [5.41, 5.74) is 1.81. The maximum atomic E-state index is 13.2. The molecule has 9 nitrogen and oxygen atoms in total. The molecular formula is C25H28N4O5. The Balaban J connectivity index is 1.58. The lowest BCUT2D eigenvalue weighted by atomic mass is 10.2. The summed E-state index contributed by atoms with van der Waals surface area (Å²) >= 11 is 0. The number of benzene rings is 2. The molecule has 34 heavy (non-hydrogen) atoms. The van der Waals surface area contributed by atoms with Gasteiger partial charge in [-0.1, -0.05) is 19.1 Å². The Morgan fingerprint density at radius 2 is 1.79 bits per heavy atom. The molecule has 4 aromatic rings. The molecule has 9 heteroatoms. The van der Waals surface area contributed by atoms with Crippen molar-refractivity contribution in [2.45, 2.75) is 33.4 Å². The molecule has 0 aliphatic heterocycles. The quantitative estimate of drug-likeness (QED) is 0.409. The summed E-state index contributed by atoms with van der Waals surface area (Å²) in [6.45, 7) is 4.49. The largest absolute Gasteiger partial charge is 0.496 e. The van der Waals surface area contributed by atoms with Gasteiger partial charge in [-0.15, -0.1) is 0 Å². The van der Waals surface area contributed by atoms with Gasteiger partial charge >= 0.3 is 0 Å². The van der Waals surface area contributed by atoms with Gasteiger partial charge in [-0.05, 0) is 42.8 Å². The van der Waals surface area contributed by atoms with E-state index in [0.717, 1.165) is 16.5 Å². The predicted octanol–water partition coefficient (Wildman–Crippen LogP) is 2.94. The number of amides is 1. The number of carbonyl (C=O) groups excluding carboxylic acids is 1. The summed E-state index contributed by atoms with van der Waals surface area (Å²) in [6.07, 6.45) is 0.589. The van der Waals surface area contributed by atoms with Crippen LogP contribution in [0, 0.1) is 0 Å². The van der Waals surface area contributed by atoms with Gasteiger partial charge < -0.3 is 19.5 Å². The molecule has 0 unspecified atom stereocenters. The summed E-state index contributed by atoms with van der Waals surface area (Å²) in [4.78, 5) is 25.9. The topological polar surface area (TPSA) is 96.1 Å². The Labute approximate surface area is 196 Å². The van der Waals surface area contributed by atoms with Crippen LogP contribution in [-0.2, 0) is 24.3 Å². The third kappa shape index (κ3) is 4.28. The van der Waals surface area contributed by atoms with Crippen LogP contribution in [0.1, 0.15) is 25.2 Å². The summed E-state index contributed by atoms with van der Waals surface area (Å²) in [6, 6.07) is 12.9. The van der Waals surface area contributed by atoms with Crippen molar-refractivity contribution in [3.05, 3.63) is 64.2 Å². The van der Waals surface area contributed by atoms with E-state index in [0.29, 0.717) is 41.6 Å². The minimum absolute atomic E-state index is 0.185. The van der Waals surface area contributed by atoms with E-state index in [2.05, 4.69) is 10.4 Å². The number of rotatable bonds is 9. The maximum Gasteiger partial charge on any atom is 0.291 e. The fraction of sp³-hybridized carbons (Fsp3) is 0.320. The van der Waals surface area contributed by atoms with Crippen LogP contribution in [0.5, 0.6) is 17.2 Å². The predicted molar refractivity (Wildman–Crippen MR) is 129 cm³/mol. The Bertz CT molecular complexity index is 1410. The van der Waals surface area contributed by atoms with E-state index >= 15 is 0 Å². The number of hydrogen-bond donors (Lipinski definition) is 1. The third-order valence-corrected chi connectivity index (χ3v) is 5.60. The summed E-state index contributed by atoms with van der Waals surface area (Å²) in [5, 5.41) is 8.15. The highest BCUT2D eigenvalue weighted by Crippen LogP contribution is 2.29. The van der Waals surface area contributed by atoms with Crippen LogP contribution < -0.4 is 25.1 Å². The van der Waals surface area contributed by atoms with Crippen molar-refractivity contribution in [2.75, 3.05) is 20.8 Å². The average molecular weight is 465 g/mol. The third-order valence-electron chi connectivity index (χ3n) is 5.60. The van der Waals surface area contributed by atoms with E-state index in [4.69, 9.17) is 14.2 Å². The molecule has 0 spiro atoms. The molecule has 2 aromatic heterocycles. The molecule has 0 bridgehead atoms. The zero-order valence-corrected chi connectivity index (χ0v) is 19.8. The first-order valence-corrected chi connectivity index (χ1v) is 11.1.